The molecule has 2 aliphatic rings. The number of hydrogen-bond donors (Lipinski definition) is 3. The van der Waals surface area contributed by atoms with E-state index in [-0.39, 0.29) is 33.7 Å². The number of fused-ring (bicyclic) bond motifs is 1. The summed E-state index contributed by atoms with van der Waals surface area (Å²) in [4.78, 5) is 22.4. The van der Waals surface area contributed by atoms with E-state index in [2.05, 4.69) is 47.0 Å². The second-order valence-electron chi connectivity index (χ2n) is 9.90. The zero-order valence-corrected chi connectivity index (χ0v) is 22.9. The number of anilines is 2. The number of nitrogens with one attached hydrogen (secondary N) is 3. The van der Waals surface area contributed by atoms with E-state index in [1.807, 2.05) is 22.8 Å². The van der Waals surface area contributed by atoms with Gasteiger partial charge in [0.05, 0.1) is 0 Å². The Hall–Kier alpha value is -2.48. The molecule has 0 bridgehead atoms. The summed E-state index contributed by atoms with van der Waals surface area (Å²) in [6.07, 6.45) is 7.15. The Kier molecular flexibility index (Phi) is 8.19. The third-order valence-electron chi connectivity index (χ3n) is 6.72. The molecule has 3 N–H and O–H groups in total. The number of aromatic nitrogens is 4. The van der Waals surface area contributed by atoms with Gasteiger partial charge >= 0.3 is 219 Å². The van der Waals surface area contributed by atoms with Crippen LogP contribution >= 0.6 is 0 Å². The summed E-state index contributed by atoms with van der Waals surface area (Å²) < 4.78 is 8.51. The molecule has 10 heteroatoms. The number of carbonyl (C=O) groups is 1. The quantitative estimate of drug-likeness (QED) is 0.369. The molecule has 36 heavy (non-hydrogen) atoms. The molecular weight excluding hydrogens is 517 g/mol. The zero-order valence-electron chi connectivity index (χ0n) is 21.0. The number of benzene rings is 1. The Morgan fingerprint density at radius 3 is 2.94 bits per heavy atom. The van der Waals surface area contributed by atoms with Crippen molar-refractivity contribution in [1.82, 2.24) is 24.9 Å². The van der Waals surface area contributed by atoms with Gasteiger partial charge in [-0.25, -0.2) is 0 Å². The first-order valence-corrected chi connectivity index (χ1v) is 15.2. The summed E-state index contributed by atoms with van der Waals surface area (Å²) in [6.45, 7) is 6.74. The van der Waals surface area contributed by atoms with E-state index >= 15 is 0 Å². The summed E-state index contributed by atoms with van der Waals surface area (Å²) in [7, 11) is 0. The van der Waals surface area contributed by atoms with Gasteiger partial charge in [-0.15, -0.1) is 0 Å². The Morgan fingerprint density at radius 1 is 1.25 bits per heavy atom. The summed E-state index contributed by atoms with van der Waals surface area (Å²) >= 11 is -0.319. The van der Waals surface area contributed by atoms with E-state index in [1.165, 1.54) is 5.56 Å². The minimum absolute atomic E-state index is 0.0535. The molecule has 5 rings (SSSR count). The van der Waals surface area contributed by atoms with Crippen LogP contribution in [-0.4, -0.2) is 73.1 Å². The van der Waals surface area contributed by atoms with Crippen LogP contribution in [0.5, 0.6) is 0 Å². The SMILES string of the molecule is CC(C)c1cnn2c([As]Cc3cccc(NC(=O)C4CCCCN4)c3)nc(N[C@H]3CCCOC3)nc12. The van der Waals surface area contributed by atoms with Gasteiger partial charge in [0.2, 0.25) is 0 Å². The van der Waals surface area contributed by atoms with Crippen molar-refractivity contribution in [2.75, 3.05) is 30.4 Å². The van der Waals surface area contributed by atoms with E-state index in [9.17, 15) is 4.79 Å². The molecule has 2 atom stereocenters. The number of nitrogens with zero attached hydrogens (tertiary/aromatic N) is 4. The van der Waals surface area contributed by atoms with Crippen molar-refractivity contribution in [1.29, 1.82) is 0 Å². The van der Waals surface area contributed by atoms with E-state index in [1.54, 1.807) is 0 Å². The number of hydrogen-bond acceptors (Lipinski definition) is 7. The molecule has 191 valence electrons. The first kappa shape index (κ1) is 25.2. The molecule has 0 spiro atoms. The van der Waals surface area contributed by atoms with Crippen LogP contribution in [0, 0.1) is 0 Å². The molecule has 2 saturated heterocycles. The predicted molar refractivity (Wildman–Crippen MR) is 142 cm³/mol. The van der Waals surface area contributed by atoms with Gasteiger partial charge in [0, 0.05) is 0 Å². The number of piperidine rings is 1. The van der Waals surface area contributed by atoms with Gasteiger partial charge in [0.25, 0.3) is 0 Å². The van der Waals surface area contributed by atoms with Gasteiger partial charge in [-0.3, -0.25) is 0 Å². The van der Waals surface area contributed by atoms with Gasteiger partial charge < -0.3 is 0 Å². The fourth-order valence-corrected chi connectivity index (χ4v) is 6.73. The number of carbonyl (C=O) groups excluding carboxylic acids is 1. The predicted octanol–water partition coefficient (Wildman–Crippen LogP) is 2.45. The summed E-state index contributed by atoms with van der Waals surface area (Å²) in [6, 6.07) is 8.30. The molecule has 1 aromatic carbocycles. The van der Waals surface area contributed by atoms with Crippen molar-refractivity contribution >= 4 is 43.6 Å². The third-order valence-corrected chi connectivity index (χ3v) is 9.02. The van der Waals surface area contributed by atoms with Crippen LogP contribution < -0.4 is 20.6 Å². The Labute approximate surface area is 218 Å². The van der Waals surface area contributed by atoms with Gasteiger partial charge in [-0.05, 0) is 0 Å². The van der Waals surface area contributed by atoms with Gasteiger partial charge in [0.1, 0.15) is 0 Å². The van der Waals surface area contributed by atoms with E-state index in [4.69, 9.17) is 14.7 Å². The van der Waals surface area contributed by atoms with Crippen molar-refractivity contribution in [3.63, 3.8) is 0 Å². The van der Waals surface area contributed by atoms with Gasteiger partial charge in [-0.2, -0.15) is 0 Å². The zero-order chi connectivity index (χ0) is 24.9. The molecule has 0 aliphatic carbocycles. The Bertz CT molecular complexity index is 1190. The molecule has 1 unspecified atom stereocenters. The van der Waals surface area contributed by atoms with Crippen molar-refractivity contribution < 1.29 is 9.53 Å². The molecule has 1 radical (unpaired) electrons. The molecule has 2 aliphatic heterocycles. The van der Waals surface area contributed by atoms with Crippen LogP contribution in [0.3, 0.4) is 0 Å². The summed E-state index contributed by atoms with van der Waals surface area (Å²) in [5, 5.41) is 15.4. The van der Waals surface area contributed by atoms with Crippen molar-refractivity contribution in [3.05, 3.63) is 41.6 Å². The van der Waals surface area contributed by atoms with Crippen LogP contribution in [0.4, 0.5) is 11.6 Å². The molecule has 3 aromatic rings. The standard InChI is InChI=1S/C26H35AsN7O2/c1-17(2)21-15-29-34-23(21)32-26(31-20-9-6-12-36-16-20)33-25(34)27-14-18-7-5-8-19(13-18)30-24(35)22-10-3-4-11-28-22/h5,7-8,13,15,17,20,22,28H,3-4,6,9-12,14,16H2,1-2H3,(H,30,35)(H,31,32)/t20-,22?/m0/s1. The van der Waals surface area contributed by atoms with Crippen molar-refractivity contribution in [2.24, 2.45) is 0 Å². The fraction of sp³-hybridized carbons (Fsp3) is 0.538. The molecule has 1 amide bonds. The topological polar surface area (TPSA) is 105 Å². The minimum atomic E-state index is -0.319. The normalized spacial score (nSPS) is 20.9. The van der Waals surface area contributed by atoms with E-state index < -0.39 is 0 Å². The van der Waals surface area contributed by atoms with Gasteiger partial charge in [0.15, 0.2) is 0 Å². The van der Waals surface area contributed by atoms with Crippen molar-refractivity contribution in [2.45, 2.75) is 69.2 Å². The summed E-state index contributed by atoms with van der Waals surface area (Å²) in [5.41, 5.74) is 4.04. The average Bonchev–Trinajstić information content (AvgIpc) is 3.33. The van der Waals surface area contributed by atoms with E-state index in [0.29, 0.717) is 18.5 Å². The summed E-state index contributed by atoms with van der Waals surface area (Å²) in [5.74, 6) is 1.04. The monoisotopic (exact) mass is 552 g/mol. The van der Waals surface area contributed by atoms with Crippen LogP contribution in [0.15, 0.2) is 30.5 Å². The number of amides is 1. The first-order valence-electron chi connectivity index (χ1n) is 13.0. The first-order chi connectivity index (χ1) is 17.6. The van der Waals surface area contributed by atoms with Gasteiger partial charge in [-0.1, -0.05) is 0 Å². The molecular formula is C26H35AsN7O2. The van der Waals surface area contributed by atoms with Crippen LogP contribution in [0.25, 0.3) is 5.65 Å². The molecule has 2 fully saturated rings. The fourth-order valence-electron chi connectivity index (χ4n) is 4.71. The molecule has 2 aromatic heterocycles. The molecule has 4 heterocycles. The molecule has 0 saturated carbocycles. The number of ether oxygens (including phenoxy) is 1. The van der Waals surface area contributed by atoms with Crippen LogP contribution in [-0.2, 0) is 14.7 Å². The second-order valence-corrected chi connectivity index (χ2v) is 12.1. The maximum atomic E-state index is 12.7. The second kappa shape index (κ2) is 11.7. The Morgan fingerprint density at radius 2 is 2.17 bits per heavy atom. The third kappa shape index (κ3) is 6.07. The Balaban J connectivity index is 1.32. The maximum absolute atomic E-state index is 12.7. The number of rotatable bonds is 8. The van der Waals surface area contributed by atoms with Crippen molar-refractivity contribution in [3.8, 4) is 0 Å². The van der Waals surface area contributed by atoms with Crippen LogP contribution in [0.1, 0.15) is 63.0 Å². The van der Waals surface area contributed by atoms with E-state index in [0.717, 1.165) is 72.0 Å². The van der Waals surface area contributed by atoms with Crippen LogP contribution in [0.2, 0.25) is 0 Å². The average molecular weight is 553 g/mol. The molecule has 9 nitrogen and oxygen atoms in total.